The number of hydroxylamine groups is 4. The second kappa shape index (κ2) is 9.65. The van der Waals surface area contributed by atoms with Crippen LogP contribution in [-0.4, -0.2) is 74.4 Å². The standard InChI is InChI=1S/C12H24N4O4/c1-11(17)19-15-7-3-13-5-9-16(20-12(2)18)10-6-14-4-8-15/h13-14H,3-10H2,1-2H3. The van der Waals surface area contributed by atoms with Crippen molar-refractivity contribution in [2.24, 2.45) is 0 Å². The number of nitrogens with zero attached hydrogens (tertiary/aromatic N) is 2. The molecule has 0 aliphatic carbocycles. The molecule has 0 bridgehead atoms. The molecule has 20 heavy (non-hydrogen) atoms. The lowest BCUT2D eigenvalue weighted by molar-refractivity contribution is -0.189. The van der Waals surface area contributed by atoms with Gasteiger partial charge in [0.05, 0.1) is 0 Å². The van der Waals surface area contributed by atoms with Crippen LogP contribution < -0.4 is 10.6 Å². The van der Waals surface area contributed by atoms with Crippen molar-refractivity contribution in [2.45, 2.75) is 13.8 Å². The van der Waals surface area contributed by atoms with Crippen LogP contribution >= 0.6 is 0 Å². The highest BCUT2D eigenvalue weighted by Crippen LogP contribution is 1.93. The van der Waals surface area contributed by atoms with Gasteiger partial charge in [0.1, 0.15) is 0 Å². The molecule has 1 rings (SSSR count). The molecule has 0 aromatic heterocycles. The second-order valence-corrected chi connectivity index (χ2v) is 4.52. The summed E-state index contributed by atoms with van der Waals surface area (Å²) in [7, 11) is 0. The van der Waals surface area contributed by atoms with Crippen molar-refractivity contribution in [2.75, 3.05) is 52.4 Å². The summed E-state index contributed by atoms with van der Waals surface area (Å²) in [4.78, 5) is 32.2. The van der Waals surface area contributed by atoms with Gasteiger partial charge in [-0.15, -0.1) is 10.1 Å². The van der Waals surface area contributed by atoms with Crippen molar-refractivity contribution in [3.05, 3.63) is 0 Å². The largest absolute Gasteiger partial charge is 0.368 e. The molecular weight excluding hydrogens is 264 g/mol. The number of rotatable bonds is 2. The molecular formula is C12H24N4O4. The highest BCUT2D eigenvalue weighted by atomic mass is 16.7. The van der Waals surface area contributed by atoms with Crippen molar-refractivity contribution in [3.8, 4) is 0 Å². The molecule has 1 heterocycles. The minimum Gasteiger partial charge on any atom is -0.368 e. The second-order valence-electron chi connectivity index (χ2n) is 4.52. The fraction of sp³-hybridized carbons (Fsp3) is 0.833. The third-order valence-corrected chi connectivity index (χ3v) is 2.67. The third-order valence-electron chi connectivity index (χ3n) is 2.67. The van der Waals surface area contributed by atoms with Crippen LogP contribution in [0.5, 0.6) is 0 Å². The molecule has 0 saturated carbocycles. The van der Waals surface area contributed by atoms with Crippen LogP contribution in [0.2, 0.25) is 0 Å². The number of carbonyl (C=O) groups excluding carboxylic acids is 2. The molecule has 116 valence electrons. The minimum atomic E-state index is -0.307. The first-order chi connectivity index (χ1) is 9.58. The van der Waals surface area contributed by atoms with Crippen LogP contribution in [0.3, 0.4) is 0 Å². The van der Waals surface area contributed by atoms with Gasteiger partial charge in [0.15, 0.2) is 0 Å². The Balaban J connectivity index is 2.37. The van der Waals surface area contributed by atoms with E-state index in [-0.39, 0.29) is 11.9 Å². The van der Waals surface area contributed by atoms with Crippen LogP contribution in [0, 0.1) is 0 Å². The fourth-order valence-electron chi connectivity index (χ4n) is 1.83. The van der Waals surface area contributed by atoms with E-state index >= 15 is 0 Å². The van der Waals surface area contributed by atoms with E-state index in [2.05, 4.69) is 10.6 Å². The van der Waals surface area contributed by atoms with E-state index in [1.54, 1.807) is 10.1 Å². The molecule has 1 aliphatic rings. The Morgan fingerprint density at radius 3 is 1.30 bits per heavy atom. The summed E-state index contributed by atoms with van der Waals surface area (Å²) >= 11 is 0. The Morgan fingerprint density at radius 2 is 1.05 bits per heavy atom. The molecule has 0 unspecified atom stereocenters. The Kier molecular flexibility index (Phi) is 8.12. The first-order valence-corrected chi connectivity index (χ1v) is 6.86. The Bertz CT molecular complexity index is 272. The van der Waals surface area contributed by atoms with Gasteiger partial charge in [-0.05, 0) is 0 Å². The summed E-state index contributed by atoms with van der Waals surface area (Å²) in [5.41, 5.74) is 0. The van der Waals surface area contributed by atoms with E-state index in [1.165, 1.54) is 13.8 Å². The maximum Gasteiger partial charge on any atom is 0.322 e. The lowest BCUT2D eigenvalue weighted by atomic mass is 10.4. The monoisotopic (exact) mass is 288 g/mol. The summed E-state index contributed by atoms with van der Waals surface area (Å²) in [5, 5.41) is 9.74. The van der Waals surface area contributed by atoms with Gasteiger partial charge in [-0.25, -0.2) is 0 Å². The fourth-order valence-corrected chi connectivity index (χ4v) is 1.83. The van der Waals surface area contributed by atoms with E-state index in [0.717, 1.165) is 0 Å². The van der Waals surface area contributed by atoms with E-state index < -0.39 is 0 Å². The molecule has 0 amide bonds. The lowest BCUT2D eigenvalue weighted by Crippen LogP contribution is -2.43. The quantitative estimate of drug-likeness (QED) is 0.651. The van der Waals surface area contributed by atoms with Crippen molar-refractivity contribution in [3.63, 3.8) is 0 Å². The van der Waals surface area contributed by atoms with Crippen LogP contribution in [0.25, 0.3) is 0 Å². The van der Waals surface area contributed by atoms with Gasteiger partial charge < -0.3 is 20.3 Å². The molecule has 0 spiro atoms. The zero-order chi connectivity index (χ0) is 14.8. The molecule has 0 aromatic rings. The van der Waals surface area contributed by atoms with Crippen LogP contribution in [0.4, 0.5) is 0 Å². The Hall–Kier alpha value is -1.22. The van der Waals surface area contributed by atoms with Crippen molar-refractivity contribution in [1.29, 1.82) is 0 Å². The van der Waals surface area contributed by atoms with Crippen LogP contribution in [0.1, 0.15) is 13.8 Å². The van der Waals surface area contributed by atoms with Gasteiger partial charge >= 0.3 is 11.9 Å². The highest BCUT2D eigenvalue weighted by molar-refractivity contribution is 5.65. The summed E-state index contributed by atoms with van der Waals surface area (Å²) < 4.78 is 0. The average Bonchev–Trinajstić information content (AvgIpc) is 2.33. The number of hydrogen-bond donors (Lipinski definition) is 2. The smallest absolute Gasteiger partial charge is 0.322 e. The summed E-state index contributed by atoms with van der Waals surface area (Å²) in [5.74, 6) is -0.615. The van der Waals surface area contributed by atoms with E-state index in [1.807, 2.05) is 0 Å². The number of carbonyl (C=O) groups is 2. The first-order valence-electron chi connectivity index (χ1n) is 6.86. The normalized spacial score (nSPS) is 20.5. The maximum absolute atomic E-state index is 11.0. The minimum absolute atomic E-state index is 0.307. The molecule has 8 heteroatoms. The van der Waals surface area contributed by atoms with Crippen molar-refractivity contribution >= 4 is 11.9 Å². The Morgan fingerprint density at radius 1 is 0.750 bits per heavy atom. The Labute approximate surface area is 119 Å². The maximum atomic E-state index is 11.0. The zero-order valence-electron chi connectivity index (χ0n) is 12.2. The van der Waals surface area contributed by atoms with Crippen LogP contribution in [0.15, 0.2) is 0 Å². The summed E-state index contributed by atoms with van der Waals surface area (Å²) in [6, 6.07) is 0. The summed E-state index contributed by atoms with van der Waals surface area (Å²) in [6.45, 7) is 8.06. The highest BCUT2D eigenvalue weighted by Gasteiger charge is 2.11. The SMILES string of the molecule is CC(=O)ON1CCNCCN(OC(C)=O)CCNCC1. The summed E-state index contributed by atoms with van der Waals surface area (Å²) in [6.07, 6.45) is 0. The topological polar surface area (TPSA) is 83.1 Å². The molecule has 0 radical (unpaired) electrons. The predicted octanol–water partition coefficient (Wildman–Crippen LogP) is -1.26. The molecule has 1 fully saturated rings. The van der Waals surface area contributed by atoms with Gasteiger partial charge in [-0.2, -0.15) is 0 Å². The van der Waals surface area contributed by atoms with E-state index in [4.69, 9.17) is 9.68 Å². The predicted molar refractivity (Wildman–Crippen MR) is 72.4 cm³/mol. The lowest BCUT2D eigenvalue weighted by Gasteiger charge is -2.24. The molecule has 1 aliphatic heterocycles. The van der Waals surface area contributed by atoms with Crippen LogP contribution in [-0.2, 0) is 19.3 Å². The van der Waals surface area contributed by atoms with Crippen molar-refractivity contribution < 1.29 is 19.3 Å². The third kappa shape index (κ3) is 8.05. The van der Waals surface area contributed by atoms with Gasteiger partial charge in [0.2, 0.25) is 0 Å². The average molecular weight is 288 g/mol. The van der Waals surface area contributed by atoms with Gasteiger partial charge in [-0.3, -0.25) is 9.59 Å². The molecule has 0 atom stereocenters. The van der Waals surface area contributed by atoms with Gasteiger partial charge in [0.25, 0.3) is 0 Å². The van der Waals surface area contributed by atoms with Crippen molar-refractivity contribution in [1.82, 2.24) is 20.8 Å². The number of nitrogens with one attached hydrogen (secondary N) is 2. The molecule has 8 nitrogen and oxygen atoms in total. The zero-order valence-corrected chi connectivity index (χ0v) is 12.2. The first kappa shape index (κ1) is 16.8. The molecule has 1 saturated heterocycles. The van der Waals surface area contributed by atoms with Gasteiger partial charge in [0, 0.05) is 66.2 Å². The number of hydrogen-bond acceptors (Lipinski definition) is 8. The molecule has 2 N–H and O–H groups in total. The van der Waals surface area contributed by atoms with E-state index in [9.17, 15) is 9.59 Å². The van der Waals surface area contributed by atoms with Gasteiger partial charge in [-0.1, -0.05) is 0 Å². The van der Waals surface area contributed by atoms with E-state index in [0.29, 0.717) is 52.4 Å². The molecule has 0 aromatic carbocycles.